The third-order valence-corrected chi connectivity index (χ3v) is 5.48. The maximum absolute atomic E-state index is 13.2. The van der Waals surface area contributed by atoms with E-state index in [2.05, 4.69) is 11.2 Å². The van der Waals surface area contributed by atoms with Crippen LogP contribution < -0.4 is 5.56 Å². The van der Waals surface area contributed by atoms with E-state index >= 15 is 0 Å². The van der Waals surface area contributed by atoms with E-state index in [1.807, 2.05) is 79.7 Å². The molecule has 1 heterocycles. The third-order valence-electron chi connectivity index (χ3n) is 5.48. The maximum atomic E-state index is 13.2. The van der Waals surface area contributed by atoms with E-state index in [-0.39, 0.29) is 49.9 Å². The van der Waals surface area contributed by atoms with Crippen LogP contribution in [-0.4, -0.2) is 15.6 Å². The Hall–Kier alpha value is -3.26. The van der Waals surface area contributed by atoms with Gasteiger partial charge in [-0.05, 0) is 37.3 Å². The van der Waals surface area contributed by atoms with Gasteiger partial charge >= 0.3 is 31.1 Å². The molecule has 5 rings (SSSR count). The first-order valence-electron chi connectivity index (χ1n) is 10.3. The second-order valence-corrected chi connectivity index (χ2v) is 7.64. The smallest absolute Gasteiger partial charge is 0.358 e. The molecule has 1 aromatic heterocycles. The van der Waals surface area contributed by atoms with Crippen LogP contribution in [0.3, 0.4) is 0 Å². The average molecular weight is 669 g/mol. The number of nitrogens with zero attached hydrogens (tertiary/aromatic N) is 2. The van der Waals surface area contributed by atoms with Crippen LogP contribution in [0.15, 0.2) is 102 Å². The van der Waals surface area contributed by atoms with Gasteiger partial charge in [0.1, 0.15) is 0 Å². The zero-order chi connectivity index (χ0) is 22.1. The minimum Gasteiger partial charge on any atom is -0.358 e. The van der Waals surface area contributed by atoms with E-state index in [1.165, 1.54) is 4.68 Å². The monoisotopic (exact) mass is 668 g/mol. The van der Waals surface area contributed by atoms with Gasteiger partial charge in [-0.1, -0.05) is 48.0 Å². The molecule has 34 heavy (non-hydrogen) atoms. The van der Waals surface area contributed by atoms with Crippen LogP contribution in [-0.2, 0) is 0 Å². The van der Waals surface area contributed by atoms with E-state index in [0.717, 1.165) is 16.5 Å². The van der Waals surface area contributed by atoms with Gasteiger partial charge in [-0.15, -0.1) is 5.56 Å². The quantitative estimate of drug-likeness (QED) is 0.179. The van der Waals surface area contributed by atoms with E-state index in [9.17, 15) is 9.59 Å². The number of aryl methyl sites for hydroxylation is 1. The summed E-state index contributed by atoms with van der Waals surface area (Å²) in [5.74, 6) is -0.0587. The normalized spacial score (nSPS) is 10.3. The minimum absolute atomic E-state index is 0. The fraction of sp³-hybridized carbons (Fsp3) is 0.0345. The van der Waals surface area contributed by atoms with Crippen molar-refractivity contribution in [2.24, 2.45) is 0 Å². The van der Waals surface area contributed by atoms with E-state index < -0.39 is 0 Å². The Balaban J connectivity index is 0.00000162. The van der Waals surface area contributed by atoms with Crippen molar-refractivity contribution >= 4 is 16.6 Å². The van der Waals surface area contributed by atoms with Crippen molar-refractivity contribution in [1.29, 1.82) is 0 Å². The molecule has 4 nitrogen and oxygen atoms in total. The molecule has 0 saturated heterocycles. The van der Waals surface area contributed by atoms with E-state index in [4.69, 9.17) is 0 Å². The van der Waals surface area contributed by atoms with Gasteiger partial charge in [-0.3, -0.25) is 9.59 Å². The summed E-state index contributed by atoms with van der Waals surface area (Å²) in [6, 6.07) is 32.4. The van der Waals surface area contributed by atoms with Crippen molar-refractivity contribution in [1.82, 2.24) is 9.78 Å². The first-order valence-corrected chi connectivity index (χ1v) is 10.3. The summed E-state index contributed by atoms with van der Waals surface area (Å²) in [7, 11) is 0. The molecule has 0 unspecified atom stereocenters. The Bertz CT molecular complexity index is 1490. The molecule has 0 radical (unpaired) electrons. The molecule has 5 aromatic rings. The Kier molecular flexibility index (Phi) is 8.04. The molecular formula is C29H22N2O2U. The van der Waals surface area contributed by atoms with Gasteiger partial charge in [0.05, 0.1) is 16.8 Å². The average Bonchev–Trinajstić information content (AvgIpc) is 2.85. The molecule has 0 aliphatic carbocycles. The van der Waals surface area contributed by atoms with Crippen molar-refractivity contribution in [2.75, 3.05) is 0 Å². The topological polar surface area (TPSA) is 52.0 Å². The Morgan fingerprint density at radius 2 is 1.35 bits per heavy atom. The summed E-state index contributed by atoms with van der Waals surface area (Å²) in [6.45, 7) is 1.99. The standard InChI is InChI=1S/C28H19N2O2.CH3.U/c1-19-11-13-21(14-12-19)27(31)22-15-17-23(18-16-22)30-28(32)25-10-6-5-9-24(25)26(29-30)20-7-3-2-4-8-20;;/h3-18H,1H3;1H3;/q2*-1;+2. The molecule has 5 heteroatoms. The number of rotatable bonds is 4. The van der Waals surface area contributed by atoms with Crippen molar-refractivity contribution in [3.8, 4) is 16.9 Å². The van der Waals surface area contributed by atoms with Gasteiger partial charge < -0.3 is 7.43 Å². The van der Waals surface area contributed by atoms with Crippen LogP contribution in [0.25, 0.3) is 27.7 Å². The predicted molar refractivity (Wildman–Crippen MR) is 133 cm³/mol. The molecule has 0 saturated carbocycles. The van der Waals surface area contributed by atoms with Crippen LogP contribution in [0.4, 0.5) is 0 Å². The number of hydrogen-bond acceptors (Lipinski definition) is 3. The molecule has 0 aliphatic heterocycles. The van der Waals surface area contributed by atoms with Gasteiger partial charge in [0, 0.05) is 16.5 Å². The van der Waals surface area contributed by atoms with Crippen LogP contribution in [0.5, 0.6) is 0 Å². The van der Waals surface area contributed by atoms with Gasteiger partial charge in [-0.2, -0.15) is 40.1 Å². The first kappa shape index (κ1) is 25.4. The molecule has 0 spiro atoms. The Labute approximate surface area is 222 Å². The van der Waals surface area contributed by atoms with Crippen LogP contribution in [0.1, 0.15) is 21.5 Å². The Morgan fingerprint density at radius 3 is 1.97 bits per heavy atom. The van der Waals surface area contributed by atoms with Crippen LogP contribution >= 0.6 is 0 Å². The van der Waals surface area contributed by atoms with Gasteiger partial charge in [0.25, 0.3) is 5.56 Å². The number of ketones is 1. The van der Waals surface area contributed by atoms with E-state index in [0.29, 0.717) is 27.9 Å². The van der Waals surface area contributed by atoms with Crippen molar-refractivity contribution in [3.63, 3.8) is 0 Å². The molecule has 0 aliphatic rings. The number of carbonyl (C=O) groups is 1. The molecule has 0 N–H and O–H groups in total. The summed E-state index contributed by atoms with van der Waals surface area (Å²) in [5, 5.41) is 6.07. The van der Waals surface area contributed by atoms with Crippen LogP contribution in [0.2, 0.25) is 0 Å². The van der Waals surface area contributed by atoms with Gasteiger partial charge in [0.2, 0.25) is 0 Å². The zero-order valence-corrected chi connectivity index (χ0v) is 23.1. The molecule has 0 atom stereocenters. The Morgan fingerprint density at radius 1 is 0.794 bits per heavy atom. The number of fused-ring (bicyclic) bond motifs is 1. The number of hydrogen-bond donors (Lipinski definition) is 0. The second kappa shape index (κ2) is 10.8. The first-order chi connectivity index (χ1) is 15.6. The molecule has 164 valence electrons. The molecule has 0 bridgehead atoms. The molecule has 4 aromatic carbocycles. The number of aromatic nitrogens is 2. The zero-order valence-electron chi connectivity index (χ0n) is 18.9. The minimum atomic E-state index is -0.204. The molecule has 0 amide bonds. The summed E-state index contributed by atoms with van der Waals surface area (Å²) in [5.41, 5.74) is 4.31. The van der Waals surface area contributed by atoms with E-state index in [1.54, 1.807) is 24.3 Å². The molecular weight excluding hydrogens is 646 g/mol. The van der Waals surface area contributed by atoms with Gasteiger partial charge in [-0.25, -0.2) is 0 Å². The summed E-state index contributed by atoms with van der Waals surface area (Å²) in [4.78, 5) is 26.0. The van der Waals surface area contributed by atoms with Crippen molar-refractivity contribution < 1.29 is 35.9 Å². The molecule has 0 fully saturated rings. The summed E-state index contributed by atoms with van der Waals surface area (Å²) in [6.07, 6.45) is 0. The second-order valence-electron chi connectivity index (χ2n) is 7.64. The SMILES string of the molecule is Cc1ccc(C(=O)c2ccc(-n3nc(-c4cc[c-]cc4)c4ccccc4c3=O)cc2)cc1.[CH3-].[U+2]. The predicted octanol–water partition coefficient (Wildman–Crippen LogP) is 5.84. The number of carbonyl (C=O) groups excluding carboxylic acids is 1. The van der Waals surface area contributed by atoms with Crippen LogP contribution in [0, 0.1) is 51.5 Å². The summed E-state index contributed by atoms with van der Waals surface area (Å²) >= 11 is 0. The third kappa shape index (κ3) is 4.82. The number of benzene rings is 4. The maximum Gasteiger partial charge on any atom is 2.00 e. The van der Waals surface area contributed by atoms with Crippen molar-refractivity contribution in [2.45, 2.75) is 6.92 Å². The largest absolute Gasteiger partial charge is 2.00 e. The summed E-state index contributed by atoms with van der Waals surface area (Å²) < 4.78 is 1.40. The van der Waals surface area contributed by atoms with Gasteiger partial charge in [0.15, 0.2) is 5.78 Å². The fourth-order valence-electron chi connectivity index (χ4n) is 3.75. The van der Waals surface area contributed by atoms with Crippen molar-refractivity contribution in [3.05, 3.63) is 138 Å². The fourth-order valence-corrected chi connectivity index (χ4v) is 3.75.